The van der Waals surface area contributed by atoms with Gasteiger partial charge < -0.3 is 19.3 Å². The van der Waals surface area contributed by atoms with Crippen LogP contribution in [0.4, 0.5) is 0 Å². The van der Waals surface area contributed by atoms with Gasteiger partial charge in [-0.05, 0) is 13.8 Å². The molecule has 0 bridgehead atoms. The lowest BCUT2D eigenvalue weighted by Crippen LogP contribution is -2.34. The third-order valence-electron chi connectivity index (χ3n) is 3.11. The Morgan fingerprint density at radius 2 is 2.00 bits per heavy atom. The molecule has 0 radical (unpaired) electrons. The van der Waals surface area contributed by atoms with E-state index in [0.29, 0.717) is 6.61 Å². The minimum absolute atomic E-state index is 0.122. The Bertz CT molecular complexity index is 441. The Balaban J connectivity index is 1.90. The number of rotatable bonds is 2. The summed E-state index contributed by atoms with van der Waals surface area (Å²) < 4.78 is 17.1. The number of hydrogen-bond acceptors (Lipinski definition) is 4. The quantitative estimate of drug-likeness (QED) is 0.479. The summed E-state index contributed by atoms with van der Waals surface area (Å²) in [5, 5.41) is 10.1. The van der Waals surface area contributed by atoms with Crippen LogP contribution < -0.4 is 0 Å². The Hall–Kier alpha value is -0.643. The van der Waals surface area contributed by atoms with E-state index in [2.05, 4.69) is 31.1 Å². The number of aliphatic hydroxyl groups excluding tert-OH is 1. The summed E-state index contributed by atoms with van der Waals surface area (Å²) in [7, 11) is -1.48. The van der Waals surface area contributed by atoms with Crippen LogP contribution in [0.25, 0.3) is 0 Å². The van der Waals surface area contributed by atoms with Crippen molar-refractivity contribution < 1.29 is 19.3 Å². The lowest BCUT2D eigenvalue weighted by Gasteiger charge is -2.22. The zero-order valence-electron chi connectivity index (χ0n) is 12.8. The smallest absolute Gasteiger partial charge is 0.163 e. The molecule has 0 saturated carbocycles. The van der Waals surface area contributed by atoms with Gasteiger partial charge in [0.15, 0.2) is 5.79 Å². The first kappa shape index (κ1) is 15.7. The molecule has 1 fully saturated rings. The monoisotopic (exact) mass is 296 g/mol. The minimum atomic E-state index is -1.48. The van der Waals surface area contributed by atoms with Crippen molar-refractivity contribution in [1.82, 2.24) is 0 Å². The molecular formula is C15H24O4Si. The van der Waals surface area contributed by atoms with E-state index in [-0.39, 0.29) is 18.3 Å². The molecule has 0 aromatic heterocycles. The van der Waals surface area contributed by atoms with Gasteiger partial charge in [-0.2, -0.15) is 0 Å². The highest BCUT2D eigenvalue weighted by Crippen LogP contribution is 2.29. The van der Waals surface area contributed by atoms with E-state index in [1.54, 1.807) is 0 Å². The molecule has 112 valence electrons. The summed E-state index contributed by atoms with van der Waals surface area (Å²) in [6.07, 6.45) is 2.34. The predicted octanol–water partition coefficient (Wildman–Crippen LogP) is 1.70. The molecule has 0 amide bonds. The predicted molar refractivity (Wildman–Crippen MR) is 79.8 cm³/mol. The van der Waals surface area contributed by atoms with Gasteiger partial charge in [0.05, 0.1) is 6.61 Å². The summed E-state index contributed by atoms with van der Waals surface area (Å²) in [5.41, 5.74) is 3.17. The first-order chi connectivity index (χ1) is 9.16. The van der Waals surface area contributed by atoms with Crippen LogP contribution in [0.1, 0.15) is 13.8 Å². The van der Waals surface area contributed by atoms with Crippen molar-refractivity contribution in [2.24, 2.45) is 0 Å². The van der Waals surface area contributed by atoms with Crippen molar-refractivity contribution in [3.05, 3.63) is 12.2 Å². The molecular weight excluding hydrogens is 272 g/mol. The Morgan fingerprint density at radius 3 is 2.55 bits per heavy atom. The van der Waals surface area contributed by atoms with Crippen LogP contribution in [-0.2, 0) is 14.2 Å². The minimum Gasteiger partial charge on any atom is -0.377 e. The van der Waals surface area contributed by atoms with Gasteiger partial charge in [-0.25, -0.2) is 0 Å². The Morgan fingerprint density at radius 1 is 1.30 bits per heavy atom. The maximum Gasteiger partial charge on any atom is 0.163 e. The molecule has 0 aliphatic carbocycles. The van der Waals surface area contributed by atoms with Crippen molar-refractivity contribution in [2.45, 2.75) is 63.7 Å². The van der Waals surface area contributed by atoms with E-state index in [1.165, 1.54) is 0 Å². The van der Waals surface area contributed by atoms with Crippen molar-refractivity contribution >= 4 is 8.07 Å². The topological polar surface area (TPSA) is 47.9 Å². The first-order valence-corrected chi connectivity index (χ1v) is 10.5. The largest absolute Gasteiger partial charge is 0.377 e. The molecule has 2 aliphatic rings. The second kappa shape index (κ2) is 5.62. The molecule has 0 aromatic carbocycles. The molecule has 2 heterocycles. The highest BCUT2D eigenvalue weighted by molar-refractivity contribution is 6.83. The summed E-state index contributed by atoms with van der Waals surface area (Å²) in [4.78, 5) is 0. The van der Waals surface area contributed by atoms with E-state index in [9.17, 15) is 5.11 Å². The highest BCUT2D eigenvalue weighted by atomic mass is 28.3. The maximum atomic E-state index is 10.1. The summed E-state index contributed by atoms with van der Waals surface area (Å²) in [6.45, 7) is 10.7. The van der Waals surface area contributed by atoms with E-state index in [1.807, 2.05) is 26.0 Å². The van der Waals surface area contributed by atoms with Crippen molar-refractivity contribution in [2.75, 3.05) is 6.61 Å². The molecule has 1 saturated heterocycles. The molecule has 2 rings (SSSR count). The molecule has 1 N–H and O–H groups in total. The van der Waals surface area contributed by atoms with Gasteiger partial charge in [-0.3, -0.25) is 0 Å². The lowest BCUT2D eigenvalue weighted by molar-refractivity contribution is -0.154. The summed E-state index contributed by atoms with van der Waals surface area (Å²) >= 11 is 0. The first-order valence-electron chi connectivity index (χ1n) is 7.03. The zero-order valence-corrected chi connectivity index (χ0v) is 13.8. The normalized spacial score (nSPS) is 33.8. The van der Waals surface area contributed by atoms with Crippen LogP contribution in [0.3, 0.4) is 0 Å². The van der Waals surface area contributed by atoms with E-state index >= 15 is 0 Å². The van der Waals surface area contributed by atoms with Gasteiger partial charge >= 0.3 is 0 Å². The summed E-state index contributed by atoms with van der Waals surface area (Å²) in [6, 6.07) is 0. The van der Waals surface area contributed by atoms with Crippen molar-refractivity contribution in [1.29, 1.82) is 0 Å². The average Bonchev–Trinajstić information content (AvgIpc) is 2.91. The standard InChI is InChI=1S/C15H24O4Si/c1-15(2)17-10-14(19-15)13-7-6-12(18-13)11(16)8-9-20(3,4)5/h6-7,11-14,16H,10H2,1-5H3/t11-,12-,13+,14-/m1/s1. The van der Waals surface area contributed by atoms with E-state index in [4.69, 9.17) is 14.2 Å². The fourth-order valence-electron chi connectivity index (χ4n) is 2.13. The fourth-order valence-corrected chi connectivity index (χ4v) is 2.71. The SMILES string of the molecule is CC1(C)OC[C@H]([C@@H]2C=C[C@H]([C@H](O)C#C[Si](C)(C)C)O2)O1. The summed E-state index contributed by atoms with van der Waals surface area (Å²) in [5.74, 6) is 2.35. The van der Waals surface area contributed by atoms with Gasteiger partial charge in [-0.15, -0.1) is 5.54 Å². The number of aliphatic hydroxyl groups is 1. The van der Waals surface area contributed by atoms with E-state index < -0.39 is 20.0 Å². The molecule has 4 nitrogen and oxygen atoms in total. The Kier molecular flexibility index (Phi) is 4.43. The van der Waals surface area contributed by atoms with E-state index in [0.717, 1.165) is 0 Å². The average molecular weight is 296 g/mol. The van der Waals surface area contributed by atoms with Crippen LogP contribution in [0.2, 0.25) is 19.6 Å². The third kappa shape index (κ3) is 4.17. The third-order valence-corrected chi connectivity index (χ3v) is 4.00. The Labute approximate surface area is 122 Å². The van der Waals surface area contributed by atoms with Crippen molar-refractivity contribution in [3.63, 3.8) is 0 Å². The van der Waals surface area contributed by atoms with Gasteiger partial charge in [0.1, 0.15) is 32.5 Å². The van der Waals surface area contributed by atoms with Crippen LogP contribution in [0, 0.1) is 11.5 Å². The lowest BCUT2D eigenvalue weighted by atomic mass is 10.2. The molecule has 0 unspecified atom stereocenters. The maximum absolute atomic E-state index is 10.1. The second-order valence-corrected chi connectivity index (χ2v) is 11.5. The van der Waals surface area contributed by atoms with Gasteiger partial charge in [-0.1, -0.05) is 37.7 Å². The molecule has 0 aromatic rings. The fraction of sp³-hybridized carbons (Fsp3) is 0.733. The van der Waals surface area contributed by atoms with Crippen LogP contribution in [-0.4, -0.2) is 50.0 Å². The molecule has 4 atom stereocenters. The van der Waals surface area contributed by atoms with Gasteiger partial charge in [0, 0.05) is 0 Å². The number of hydrogen-bond donors (Lipinski definition) is 1. The molecule has 2 aliphatic heterocycles. The van der Waals surface area contributed by atoms with Gasteiger partial charge in [0.25, 0.3) is 0 Å². The second-order valence-electron chi connectivity index (χ2n) is 6.78. The van der Waals surface area contributed by atoms with Crippen LogP contribution in [0.5, 0.6) is 0 Å². The zero-order chi connectivity index (χ0) is 15.0. The highest BCUT2D eigenvalue weighted by Gasteiger charge is 2.40. The van der Waals surface area contributed by atoms with Crippen molar-refractivity contribution in [3.8, 4) is 11.5 Å². The van der Waals surface area contributed by atoms with Crippen LogP contribution >= 0.6 is 0 Å². The molecule has 0 spiro atoms. The number of ether oxygens (including phenoxy) is 3. The molecule has 5 heteroatoms. The van der Waals surface area contributed by atoms with Crippen LogP contribution in [0.15, 0.2) is 12.2 Å². The van der Waals surface area contributed by atoms with Gasteiger partial charge in [0.2, 0.25) is 0 Å². The molecule has 20 heavy (non-hydrogen) atoms.